The first-order chi connectivity index (χ1) is 11.6. The SMILES string of the molecule is CCOP(=O)(Nc1ccccc1C(=O)Nc1ccccc1)OCC. The third-order valence-electron chi connectivity index (χ3n) is 3.06. The Bertz CT molecular complexity index is 712. The number of para-hydroxylation sites is 2. The van der Waals surface area contributed by atoms with Crippen molar-refractivity contribution >= 4 is 25.0 Å². The summed E-state index contributed by atoms with van der Waals surface area (Å²) >= 11 is 0. The van der Waals surface area contributed by atoms with E-state index in [1.165, 1.54) is 0 Å². The molecular weight excluding hydrogens is 327 g/mol. The van der Waals surface area contributed by atoms with Crippen LogP contribution in [0.5, 0.6) is 0 Å². The molecule has 24 heavy (non-hydrogen) atoms. The molecule has 128 valence electrons. The maximum Gasteiger partial charge on any atom is 0.432 e. The molecule has 2 rings (SSSR count). The summed E-state index contributed by atoms with van der Waals surface area (Å²) < 4.78 is 23.1. The van der Waals surface area contributed by atoms with Crippen LogP contribution in [0.3, 0.4) is 0 Å². The average molecular weight is 348 g/mol. The van der Waals surface area contributed by atoms with Gasteiger partial charge in [-0.15, -0.1) is 0 Å². The summed E-state index contributed by atoms with van der Waals surface area (Å²) in [6.07, 6.45) is 0. The molecular formula is C17H21N2O4P. The van der Waals surface area contributed by atoms with Crippen LogP contribution < -0.4 is 10.4 Å². The van der Waals surface area contributed by atoms with Gasteiger partial charge in [-0.3, -0.25) is 18.9 Å². The molecule has 0 saturated carbocycles. The van der Waals surface area contributed by atoms with E-state index in [-0.39, 0.29) is 19.1 Å². The summed E-state index contributed by atoms with van der Waals surface area (Å²) in [5, 5.41) is 5.54. The molecule has 0 aliphatic rings. The number of hydrogen-bond acceptors (Lipinski definition) is 4. The lowest BCUT2D eigenvalue weighted by molar-refractivity contribution is 0.102. The zero-order valence-electron chi connectivity index (χ0n) is 13.7. The van der Waals surface area contributed by atoms with Gasteiger partial charge in [0.1, 0.15) is 0 Å². The molecule has 0 unspecified atom stereocenters. The summed E-state index contributed by atoms with van der Waals surface area (Å²) in [6.45, 7) is 3.90. The van der Waals surface area contributed by atoms with Gasteiger partial charge >= 0.3 is 7.75 Å². The van der Waals surface area contributed by atoms with E-state index in [1.807, 2.05) is 18.2 Å². The second-order valence-corrected chi connectivity index (χ2v) is 6.55. The number of nitrogens with one attached hydrogen (secondary N) is 2. The van der Waals surface area contributed by atoms with E-state index in [4.69, 9.17) is 9.05 Å². The van der Waals surface area contributed by atoms with Gasteiger partial charge in [-0.2, -0.15) is 0 Å². The van der Waals surface area contributed by atoms with Gasteiger partial charge in [0.25, 0.3) is 5.91 Å². The molecule has 2 aromatic carbocycles. The van der Waals surface area contributed by atoms with Gasteiger partial charge in [0, 0.05) is 5.69 Å². The van der Waals surface area contributed by atoms with Gasteiger partial charge in [0.05, 0.1) is 24.5 Å². The Hall–Kier alpha value is -2.14. The highest BCUT2D eigenvalue weighted by molar-refractivity contribution is 7.55. The minimum Gasteiger partial charge on any atom is -0.322 e. The third-order valence-corrected chi connectivity index (χ3v) is 4.77. The van der Waals surface area contributed by atoms with E-state index in [2.05, 4.69) is 10.4 Å². The predicted molar refractivity (Wildman–Crippen MR) is 95.3 cm³/mol. The van der Waals surface area contributed by atoms with Crippen molar-refractivity contribution in [3.05, 3.63) is 60.2 Å². The molecule has 2 aromatic rings. The molecule has 0 saturated heterocycles. The molecule has 1 amide bonds. The number of hydrogen-bond donors (Lipinski definition) is 2. The number of carbonyl (C=O) groups is 1. The molecule has 0 aliphatic carbocycles. The van der Waals surface area contributed by atoms with E-state index in [1.54, 1.807) is 50.2 Å². The monoisotopic (exact) mass is 348 g/mol. The number of amides is 1. The van der Waals surface area contributed by atoms with Crippen LogP contribution in [-0.2, 0) is 13.6 Å². The average Bonchev–Trinajstić information content (AvgIpc) is 2.56. The third kappa shape index (κ3) is 4.93. The Labute approximate surface area is 141 Å². The zero-order chi connectivity index (χ0) is 17.4. The van der Waals surface area contributed by atoms with Crippen LogP contribution >= 0.6 is 7.75 Å². The highest BCUT2D eigenvalue weighted by Gasteiger charge is 2.25. The summed E-state index contributed by atoms with van der Waals surface area (Å²) in [5.41, 5.74) is 1.41. The molecule has 0 radical (unpaired) electrons. The number of benzene rings is 2. The Kier molecular flexibility index (Phi) is 6.55. The van der Waals surface area contributed by atoms with Crippen LogP contribution in [0.2, 0.25) is 0 Å². The van der Waals surface area contributed by atoms with Crippen LogP contribution in [0, 0.1) is 0 Å². The van der Waals surface area contributed by atoms with Gasteiger partial charge < -0.3 is 5.32 Å². The van der Waals surface area contributed by atoms with Crippen molar-refractivity contribution in [2.75, 3.05) is 23.6 Å². The van der Waals surface area contributed by atoms with Crippen molar-refractivity contribution in [2.24, 2.45) is 0 Å². The van der Waals surface area contributed by atoms with E-state index in [9.17, 15) is 9.36 Å². The Morgan fingerprint density at radius 2 is 1.54 bits per heavy atom. The van der Waals surface area contributed by atoms with Crippen molar-refractivity contribution in [3.8, 4) is 0 Å². The highest BCUT2D eigenvalue weighted by atomic mass is 31.2. The van der Waals surface area contributed by atoms with Crippen molar-refractivity contribution in [1.82, 2.24) is 0 Å². The Morgan fingerprint density at radius 1 is 0.958 bits per heavy atom. The van der Waals surface area contributed by atoms with E-state index >= 15 is 0 Å². The van der Waals surface area contributed by atoms with Gasteiger partial charge in [-0.1, -0.05) is 30.3 Å². The Morgan fingerprint density at radius 3 is 2.17 bits per heavy atom. The van der Waals surface area contributed by atoms with Crippen molar-refractivity contribution in [2.45, 2.75) is 13.8 Å². The minimum atomic E-state index is -3.52. The summed E-state index contributed by atoms with van der Waals surface area (Å²) in [4.78, 5) is 12.5. The number of anilines is 2. The fraction of sp³-hybridized carbons (Fsp3) is 0.235. The second-order valence-electron chi connectivity index (χ2n) is 4.81. The second kappa shape index (κ2) is 8.64. The Balaban J connectivity index is 2.23. The first kappa shape index (κ1) is 18.2. The molecule has 0 bridgehead atoms. The first-order valence-electron chi connectivity index (χ1n) is 7.71. The molecule has 0 aliphatic heterocycles. The van der Waals surface area contributed by atoms with E-state index in [0.29, 0.717) is 16.9 Å². The zero-order valence-corrected chi connectivity index (χ0v) is 14.6. The van der Waals surface area contributed by atoms with Crippen molar-refractivity contribution < 1.29 is 18.4 Å². The molecule has 0 heterocycles. The van der Waals surface area contributed by atoms with Gasteiger partial charge in [0.2, 0.25) is 0 Å². The minimum absolute atomic E-state index is 0.225. The molecule has 6 nitrogen and oxygen atoms in total. The van der Waals surface area contributed by atoms with Crippen molar-refractivity contribution in [3.63, 3.8) is 0 Å². The lowest BCUT2D eigenvalue weighted by Gasteiger charge is -2.20. The summed E-state index contributed by atoms with van der Waals surface area (Å²) in [6, 6.07) is 15.9. The molecule has 0 fully saturated rings. The number of rotatable bonds is 8. The van der Waals surface area contributed by atoms with E-state index in [0.717, 1.165) is 0 Å². The maximum atomic E-state index is 12.6. The van der Waals surface area contributed by atoms with Crippen LogP contribution in [0.1, 0.15) is 24.2 Å². The maximum absolute atomic E-state index is 12.6. The molecule has 0 aromatic heterocycles. The van der Waals surface area contributed by atoms with E-state index < -0.39 is 7.75 Å². The molecule has 0 atom stereocenters. The lowest BCUT2D eigenvalue weighted by Crippen LogP contribution is -2.15. The molecule has 7 heteroatoms. The van der Waals surface area contributed by atoms with Gasteiger partial charge in [-0.05, 0) is 38.1 Å². The largest absolute Gasteiger partial charge is 0.432 e. The fourth-order valence-corrected chi connectivity index (χ4v) is 3.46. The summed E-state index contributed by atoms with van der Waals surface area (Å²) in [5.74, 6) is -0.316. The van der Waals surface area contributed by atoms with Gasteiger partial charge in [0.15, 0.2) is 0 Å². The van der Waals surface area contributed by atoms with Crippen LogP contribution in [-0.4, -0.2) is 19.1 Å². The van der Waals surface area contributed by atoms with Crippen LogP contribution in [0.25, 0.3) is 0 Å². The normalized spacial score (nSPS) is 11.1. The predicted octanol–water partition coefficient (Wildman–Crippen LogP) is 4.53. The summed E-state index contributed by atoms with van der Waals surface area (Å²) in [7, 11) is -3.52. The van der Waals surface area contributed by atoms with Crippen LogP contribution in [0.15, 0.2) is 54.6 Å². The standard InChI is InChI=1S/C17H21N2O4P/c1-3-22-24(21,23-4-2)19-16-13-9-8-12-15(16)17(20)18-14-10-6-5-7-11-14/h5-13H,3-4H2,1-2H3,(H,18,20)(H,19,21). The van der Waals surface area contributed by atoms with Gasteiger partial charge in [-0.25, -0.2) is 4.57 Å². The quantitative estimate of drug-likeness (QED) is 0.685. The molecule has 0 spiro atoms. The smallest absolute Gasteiger partial charge is 0.322 e. The lowest BCUT2D eigenvalue weighted by atomic mass is 10.1. The fourth-order valence-electron chi connectivity index (χ4n) is 2.09. The first-order valence-corrected chi connectivity index (χ1v) is 9.25. The molecule has 2 N–H and O–H groups in total. The number of carbonyl (C=O) groups excluding carboxylic acids is 1. The topological polar surface area (TPSA) is 76.7 Å². The highest BCUT2D eigenvalue weighted by Crippen LogP contribution is 2.48. The van der Waals surface area contributed by atoms with Crippen molar-refractivity contribution in [1.29, 1.82) is 0 Å². The van der Waals surface area contributed by atoms with Crippen LogP contribution in [0.4, 0.5) is 11.4 Å².